The number of anilines is 1. The van der Waals surface area contributed by atoms with Gasteiger partial charge >= 0.3 is 0 Å². The van der Waals surface area contributed by atoms with Crippen LogP contribution >= 0.6 is 34.7 Å². The van der Waals surface area contributed by atoms with Crippen molar-refractivity contribution < 1.29 is 4.79 Å². The minimum atomic E-state index is -0.246. The zero-order valence-corrected chi connectivity index (χ0v) is 19.6. The van der Waals surface area contributed by atoms with Crippen LogP contribution in [0.2, 0.25) is 5.02 Å². The minimum absolute atomic E-state index is 0.246. The normalized spacial score (nSPS) is 10.9. The summed E-state index contributed by atoms with van der Waals surface area (Å²) in [6.45, 7) is 0. The van der Waals surface area contributed by atoms with E-state index >= 15 is 0 Å². The lowest BCUT2D eigenvalue weighted by molar-refractivity contribution is 0.102. The Morgan fingerprint density at radius 2 is 1.70 bits per heavy atom. The molecule has 5 aromatic rings. The van der Waals surface area contributed by atoms with Gasteiger partial charge in [0.25, 0.3) is 5.91 Å². The van der Waals surface area contributed by atoms with Crippen LogP contribution in [0, 0.1) is 0 Å². The molecule has 0 fully saturated rings. The largest absolute Gasteiger partial charge is 0.296 e. The molecule has 0 unspecified atom stereocenters. The Morgan fingerprint density at radius 1 is 0.939 bits per heavy atom. The summed E-state index contributed by atoms with van der Waals surface area (Å²) in [5.74, 6) is 0.433. The molecule has 0 aliphatic rings. The van der Waals surface area contributed by atoms with Gasteiger partial charge in [0.2, 0.25) is 5.13 Å². The van der Waals surface area contributed by atoms with Gasteiger partial charge < -0.3 is 0 Å². The average molecular weight is 489 g/mol. The van der Waals surface area contributed by atoms with Crippen LogP contribution < -0.4 is 5.32 Å². The van der Waals surface area contributed by atoms with E-state index in [4.69, 9.17) is 16.6 Å². The first-order valence-corrected chi connectivity index (χ1v) is 12.3. The summed E-state index contributed by atoms with van der Waals surface area (Å²) in [4.78, 5) is 18.0. The maximum absolute atomic E-state index is 13.2. The number of pyridine rings is 1. The van der Waals surface area contributed by atoms with Crippen molar-refractivity contribution in [3.05, 3.63) is 101 Å². The molecule has 0 aliphatic heterocycles. The van der Waals surface area contributed by atoms with E-state index in [0.717, 1.165) is 37.1 Å². The van der Waals surface area contributed by atoms with Crippen LogP contribution in [0.15, 0.2) is 89.3 Å². The van der Waals surface area contributed by atoms with Gasteiger partial charge in [-0.1, -0.05) is 101 Å². The summed E-state index contributed by atoms with van der Waals surface area (Å²) in [5.41, 5.74) is 4.03. The Labute approximate surface area is 203 Å². The number of halogens is 1. The lowest BCUT2D eigenvalue weighted by Gasteiger charge is -2.09. The molecule has 0 bridgehead atoms. The summed E-state index contributed by atoms with van der Waals surface area (Å²) in [6, 6.07) is 27.0. The van der Waals surface area contributed by atoms with E-state index in [2.05, 4.69) is 15.5 Å². The predicted octanol–water partition coefficient (Wildman–Crippen LogP) is 6.95. The molecule has 5 rings (SSSR count). The lowest BCUT2D eigenvalue weighted by Crippen LogP contribution is -2.13. The molecule has 2 heterocycles. The Kier molecular flexibility index (Phi) is 6.35. The van der Waals surface area contributed by atoms with Crippen LogP contribution in [0.25, 0.3) is 22.2 Å². The molecule has 3 aromatic carbocycles. The number of nitrogens with zero attached hydrogens (tertiary/aromatic N) is 3. The second-order valence-corrected chi connectivity index (χ2v) is 9.75. The average Bonchev–Trinajstić information content (AvgIpc) is 3.30. The molecule has 2 aromatic heterocycles. The number of hydrogen-bond donors (Lipinski definition) is 1. The van der Waals surface area contributed by atoms with Crippen LogP contribution in [-0.2, 0) is 5.75 Å². The number of nitrogens with one attached hydrogen (secondary N) is 1. The second-order valence-electron chi connectivity index (χ2n) is 7.15. The zero-order chi connectivity index (χ0) is 22.6. The van der Waals surface area contributed by atoms with E-state index < -0.39 is 0 Å². The number of carbonyl (C=O) groups is 1. The van der Waals surface area contributed by atoms with E-state index in [0.29, 0.717) is 16.4 Å². The number of para-hydroxylation sites is 1. The minimum Gasteiger partial charge on any atom is -0.296 e. The highest BCUT2D eigenvalue weighted by Crippen LogP contribution is 2.31. The number of fused-ring (bicyclic) bond motifs is 1. The number of carbonyl (C=O) groups excluding carboxylic acids is 1. The van der Waals surface area contributed by atoms with Gasteiger partial charge in [0.05, 0.1) is 16.8 Å². The Balaban J connectivity index is 1.38. The van der Waals surface area contributed by atoms with Crippen molar-refractivity contribution in [2.45, 2.75) is 10.1 Å². The topological polar surface area (TPSA) is 67.8 Å². The smallest absolute Gasteiger partial charge is 0.258 e. The Hall–Kier alpha value is -3.26. The first-order valence-electron chi connectivity index (χ1n) is 10.1. The molecular weight excluding hydrogens is 472 g/mol. The van der Waals surface area contributed by atoms with Crippen molar-refractivity contribution in [1.29, 1.82) is 0 Å². The summed E-state index contributed by atoms with van der Waals surface area (Å²) in [5, 5.41) is 13.2. The summed E-state index contributed by atoms with van der Waals surface area (Å²) >= 11 is 9.10. The number of amides is 1. The number of hydrogen-bond acceptors (Lipinski definition) is 6. The van der Waals surface area contributed by atoms with Crippen molar-refractivity contribution >= 4 is 56.6 Å². The summed E-state index contributed by atoms with van der Waals surface area (Å²) < 4.78 is 0.759. The van der Waals surface area contributed by atoms with E-state index in [1.165, 1.54) is 23.1 Å². The SMILES string of the molecule is O=C(Nc1nnc(SCc2ccccc2Cl)s1)c1cc(-c2ccccc2)nc2ccccc12. The van der Waals surface area contributed by atoms with E-state index in [-0.39, 0.29) is 5.91 Å². The predicted molar refractivity (Wildman–Crippen MR) is 136 cm³/mol. The van der Waals surface area contributed by atoms with Gasteiger partial charge in [0.15, 0.2) is 4.34 Å². The van der Waals surface area contributed by atoms with Crippen molar-refractivity contribution in [3.63, 3.8) is 0 Å². The number of benzene rings is 3. The van der Waals surface area contributed by atoms with Crippen LogP contribution in [0.4, 0.5) is 5.13 Å². The van der Waals surface area contributed by atoms with Gasteiger partial charge in [0.1, 0.15) is 0 Å². The molecule has 0 saturated carbocycles. The van der Waals surface area contributed by atoms with Crippen molar-refractivity contribution in [2.24, 2.45) is 0 Å². The highest BCUT2D eigenvalue weighted by Gasteiger charge is 2.16. The van der Waals surface area contributed by atoms with E-state index in [1.807, 2.05) is 84.9 Å². The van der Waals surface area contributed by atoms with Gasteiger partial charge in [-0.15, -0.1) is 10.2 Å². The zero-order valence-electron chi connectivity index (χ0n) is 17.2. The maximum atomic E-state index is 13.2. The second kappa shape index (κ2) is 9.70. The van der Waals surface area contributed by atoms with Crippen LogP contribution in [0.5, 0.6) is 0 Å². The van der Waals surface area contributed by atoms with Gasteiger partial charge in [-0.05, 0) is 23.8 Å². The molecule has 8 heteroatoms. The molecule has 162 valence electrons. The fourth-order valence-electron chi connectivity index (χ4n) is 3.36. The van der Waals surface area contributed by atoms with Crippen LogP contribution in [0.1, 0.15) is 15.9 Å². The Bertz CT molecular complexity index is 1440. The third-order valence-corrected chi connectivity index (χ3v) is 7.36. The third-order valence-electron chi connectivity index (χ3n) is 4.97. The quantitative estimate of drug-likeness (QED) is 0.207. The van der Waals surface area contributed by atoms with Crippen LogP contribution in [-0.4, -0.2) is 21.1 Å². The summed E-state index contributed by atoms with van der Waals surface area (Å²) in [7, 11) is 0. The number of thioether (sulfide) groups is 1. The molecule has 33 heavy (non-hydrogen) atoms. The first-order chi connectivity index (χ1) is 16.2. The molecular formula is C25H17ClN4OS2. The summed E-state index contributed by atoms with van der Waals surface area (Å²) in [6.07, 6.45) is 0. The standard InChI is InChI=1S/C25H17ClN4OS2/c26-20-12-6-4-10-17(20)15-32-25-30-29-24(33-25)28-23(31)19-14-22(16-8-2-1-3-9-16)27-21-13-7-5-11-18(19)21/h1-14H,15H2,(H,28,29,31). The lowest BCUT2D eigenvalue weighted by atomic mass is 10.0. The maximum Gasteiger partial charge on any atom is 0.258 e. The Morgan fingerprint density at radius 3 is 2.55 bits per heavy atom. The van der Waals surface area contributed by atoms with Gasteiger partial charge in [-0.25, -0.2) is 4.98 Å². The van der Waals surface area contributed by atoms with Crippen molar-refractivity contribution in [3.8, 4) is 11.3 Å². The third kappa shape index (κ3) is 4.90. The highest BCUT2D eigenvalue weighted by molar-refractivity contribution is 8.00. The van der Waals surface area contributed by atoms with Gasteiger partial charge in [-0.3, -0.25) is 10.1 Å². The van der Waals surface area contributed by atoms with Gasteiger partial charge in [-0.2, -0.15) is 0 Å². The van der Waals surface area contributed by atoms with Gasteiger partial charge in [0, 0.05) is 21.7 Å². The first kappa shape index (κ1) is 21.6. The van der Waals surface area contributed by atoms with E-state index in [9.17, 15) is 4.79 Å². The molecule has 0 radical (unpaired) electrons. The van der Waals surface area contributed by atoms with Crippen molar-refractivity contribution in [2.75, 3.05) is 5.32 Å². The molecule has 0 saturated heterocycles. The molecule has 1 N–H and O–H groups in total. The van der Waals surface area contributed by atoms with Crippen LogP contribution in [0.3, 0.4) is 0 Å². The monoisotopic (exact) mass is 488 g/mol. The van der Waals surface area contributed by atoms with Crippen molar-refractivity contribution in [1.82, 2.24) is 15.2 Å². The number of rotatable bonds is 6. The fourth-order valence-corrected chi connectivity index (χ4v) is 5.39. The molecule has 1 amide bonds. The molecule has 5 nitrogen and oxygen atoms in total. The molecule has 0 atom stereocenters. The fraction of sp³-hybridized carbons (Fsp3) is 0.0400. The van der Waals surface area contributed by atoms with E-state index in [1.54, 1.807) is 0 Å². The molecule has 0 aliphatic carbocycles. The molecule has 0 spiro atoms. The number of aromatic nitrogens is 3. The highest BCUT2D eigenvalue weighted by atomic mass is 35.5.